The van der Waals surface area contributed by atoms with Gasteiger partial charge in [-0.3, -0.25) is 0 Å². The number of benzene rings is 2. The first-order valence-corrected chi connectivity index (χ1v) is 9.88. The Kier molecular flexibility index (Phi) is 4.99. The van der Waals surface area contributed by atoms with Crippen LogP contribution in [0.25, 0.3) is 0 Å². The molecule has 0 amide bonds. The number of likely N-dealkylation sites (tertiary alicyclic amines) is 1. The zero-order valence-electron chi connectivity index (χ0n) is 15.6. The molecular formula is C23H29FN2. The zero-order chi connectivity index (χ0) is 18.1. The Balaban J connectivity index is 1.25. The molecule has 1 aliphatic carbocycles. The van der Waals surface area contributed by atoms with Crippen LogP contribution in [0.1, 0.15) is 29.5 Å². The van der Waals surface area contributed by atoms with Crippen molar-refractivity contribution in [2.24, 2.45) is 17.8 Å². The molecule has 2 aromatic rings. The lowest BCUT2D eigenvalue weighted by Gasteiger charge is -2.19. The summed E-state index contributed by atoms with van der Waals surface area (Å²) in [5, 5.41) is 0. The summed E-state index contributed by atoms with van der Waals surface area (Å²) in [5.41, 5.74) is 9.68. The molecule has 4 rings (SSSR count). The normalized spacial score (nSPS) is 25.5. The van der Waals surface area contributed by atoms with E-state index >= 15 is 0 Å². The second-order valence-corrected chi connectivity index (χ2v) is 8.41. The van der Waals surface area contributed by atoms with Gasteiger partial charge in [-0.15, -0.1) is 0 Å². The van der Waals surface area contributed by atoms with Gasteiger partial charge < -0.3 is 10.6 Å². The van der Waals surface area contributed by atoms with Gasteiger partial charge in [0, 0.05) is 19.6 Å². The predicted octanol–water partition coefficient (Wildman–Crippen LogP) is 4.46. The molecule has 0 aromatic heterocycles. The second-order valence-electron chi connectivity index (χ2n) is 8.41. The molecule has 2 nitrogen and oxygen atoms in total. The molecule has 2 aliphatic rings. The molecule has 1 aliphatic heterocycles. The fourth-order valence-corrected chi connectivity index (χ4v) is 4.94. The van der Waals surface area contributed by atoms with E-state index in [4.69, 9.17) is 5.73 Å². The third kappa shape index (κ3) is 3.93. The van der Waals surface area contributed by atoms with Crippen molar-refractivity contribution in [2.75, 3.05) is 25.4 Å². The molecule has 0 radical (unpaired) electrons. The maximum Gasteiger partial charge on any atom is 0.146 e. The number of nitrogen functional groups attached to an aromatic ring is 1. The van der Waals surface area contributed by atoms with Gasteiger partial charge >= 0.3 is 0 Å². The van der Waals surface area contributed by atoms with Gasteiger partial charge in [-0.1, -0.05) is 35.9 Å². The summed E-state index contributed by atoms with van der Waals surface area (Å²) in [6.07, 6.45) is 4.87. The Labute approximate surface area is 156 Å². The highest BCUT2D eigenvalue weighted by Crippen LogP contribution is 2.42. The Bertz CT molecular complexity index is 741. The third-order valence-corrected chi connectivity index (χ3v) is 6.35. The van der Waals surface area contributed by atoms with Crippen LogP contribution in [0.2, 0.25) is 0 Å². The number of halogens is 1. The van der Waals surface area contributed by atoms with E-state index in [-0.39, 0.29) is 11.5 Å². The molecule has 0 spiro atoms. The number of hydrogen-bond acceptors (Lipinski definition) is 2. The molecule has 2 unspecified atom stereocenters. The minimum Gasteiger partial charge on any atom is -0.396 e. The van der Waals surface area contributed by atoms with E-state index in [0.717, 1.165) is 36.3 Å². The quantitative estimate of drug-likeness (QED) is 0.805. The van der Waals surface area contributed by atoms with Gasteiger partial charge in [-0.25, -0.2) is 4.39 Å². The van der Waals surface area contributed by atoms with Crippen LogP contribution >= 0.6 is 0 Å². The number of fused-ring (bicyclic) bond motifs is 1. The van der Waals surface area contributed by atoms with Crippen LogP contribution < -0.4 is 5.73 Å². The summed E-state index contributed by atoms with van der Waals surface area (Å²) in [4.78, 5) is 2.58. The van der Waals surface area contributed by atoms with Gasteiger partial charge in [0.2, 0.25) is 0 Å². The van der Waals surface area contributed by atoms with Crippen molar-refractivity contribution in [1.82, 2.24) is 4.90 Å². The molecule has 3 heteroatoms. The smallest absolute Gasteiger partial charge is 0.146 e. The zero-order valence-corrected chi connectivity index (χ0v) is 15.6. The average Bonchev–Trinajstić information content (AvgIpc) is 3.16. The molecular weight excluding hydrogens is 323 g/mol. The van der Waals surface area contributed by atoms with Crippen LogP contribution in [-0.4, -0.2) is 24.5 Å². The number of hydrogen-bond donors (Lipinski definition) is 1. The fraction of sp³-hybridized carbons (Fsp3) is 0.478. The van der Waals surface area contributed by atoms with E-state index in [1.807, 2.05) is 6.07 Å². The van der Waals surface area contributed by atoms with E-state index in [1.165, 1.54) is 43.5 Å². The molecule has 2 atom stereocenters. The topological polar surface area (TPSA) is 29.3 Å². The second kappa shape index (κ2) is 7.40. The molecule has 2 N–H and O–H groups in total. The lowest BCUT2D eigenvalue weighted by molar-refractivity contribution is 0.300. The first-order valence-electron chi connectivity index (χ1n) is 9.88. The maximum atomic E-state index is 13.6. The molecule has 26 heavy (non-hydrogen) atoms. The van der Waals surface area contributed by atoms with Gasteiger partial charge in [0.25, 0.3) is 0 Å². The average molecular weight is 352 g/mol. The molecule has 1 saturated carbocycles. The minimum absolute atomic E-state index is 0.240. The Morgan fingerprint density at radius 2 is 1.65 bits per heavy atom. The maximum absolute atomic E-state index is 13.6. The third-order valence-electron chi connectivity index (χ3n) is 6.35. The first-order chi connectivity index (χ1) is 12.6. The summed E-state index contributed by atoms with van der Waals surface area (Å²) in [6.45, 7) is 5.61. The summed E-state index contributed by atoms with van der Waals surface area (Å²) < 4.78 is 13.6. The van der Waals surface area contributed by atoms with Gasteiger partial charge in [-0.05, 0) is 73.6 Å². The van der Waals surface area contributed by atoms with Crippen molar-refractivity contribution in [3.63, 3.8) is 0 Å². The highest BCUT2D eigenvalue weighted by Gasteiger charge is 2.40. The van der Waals surface area contributed by atoms with Crippen LogP contribution in [-0.2, 0) is 12.8 Å². The van der Waals surface area contributed by atoms with E-state index in [1.54, 1.807) is 12.1 Å². The van der Waals surface area contributed by atoms with Gasteiger partial charge in [0.15, 0.2) is 0 Å². The van der Waals surface area contributed by atoms with Crippen LogP contribution in [0.15, 0.2) is 42.5 Å². The monoisotopic (exact) mass is 352 g/mol. The Morgan fingerprint density at radius 3 is 2.31 bits per heavy atom. The Hall–Kier alpha value is -1.87. The van der Waals surface area contributed by atoms with Crippen molar-refractivity contribution < 1.29 is 4.39 Å². The summed E-state index contributed by atoms with van der Waals surface area (Å²) in [7, 11) is 0. The minimum atomic E-state index is -0.292. The predicted molar refractivity (Wildman–Crippen MR) is 106 cm³/mol. The number of anilines is 1. The van der Waals surface area contributed by atoms with E-state index < -0.39 is 0 Å². The number of nitrogens with zero attached hydrogens (tertiary/aromatic N) is 1. The molecule has 2 aromatic carbocycles. The number of nitrogens with two attached hydrogens (primary N) is 1. The molecule has 0 bridgehead atoms. The van der Waals surface area contributed by atoms with E-state index in [0.29, 0.717) is 0 Å². The van der Waals surface area contributed by atoms with Crippen molar-refractivity contribution in [2.45, 2.75) is 32.6 Å². The van der Waals surface area contributed by atoms with Crippen LogP contribution in [0, 0.1) is 30.5 Å². The van der Waals surface area contributed by atoms with Gasteiger partial charge in [0.05, 0.1) is 5.69 Å². The molecule has 1 saturated heterocycles. The fourth-order valence-electron chi connectivity index (χ4n) is 4.94. The van der Waals surface area contributed by atoms with Crippen molar-refractivity contribution >= 4 is 5.69 Å². The molecule has 1 heterocycles. The van der Waals surface area contributed by atoms with Crippen molar-refractivity contribution in [3.8, 4) is 0 Å². The van der Waals surface area contributed by atoms with Gasteiger partial charge in [0.1, 0.15) is 5.82 Å². The summed E-state index contributed by atoms with van der Waals surface area (Å²) in [6, 6.07) is 14.3. The molecule has 138 valence electrons. The van der Waals surface area contributed by atoms with Gasteiger partial charge in [-0.2, -0.15) is 0 Å². The lowest BCUT2D eigenvalue weighted by atomic mass is 9.96. The highest BCUT2D eigenvalue weighted by atomic mass is 19.1. The number of aryl methyl sites for hydroxylation is 1. The first kappa shape index (κ1) is 17.5. The summed E-state index contributed by atoms with van der Waals surface area (Å²) in [5.74, 6) is 2.27. The van der Waals surface area contributed by atoms with E-state index in [2.05, 4.69) is 36.1 Å². The number of rotatable bonds is 5. The lowest BCUT2D eigenvalue weighted by Crippen LogP contribution is -2.25. The SMILES string of the molecule is Cc1ccc(CC2CC3CN(CCc4ccc(N)c(F)c4)CC3C2)cc1. The van der Waals surface area contributed by atoms with Crippen molar-refractivity contribution in [1.29, 1.82) is 0 Å². The van der Waals surface area contributed by atoms with Crippen LogP contribution in [0.4, 0.5) is 10.1 Å². The standard InChI is InChI=1S/C23H29FN2/c1-16-2-4-17(5-3-16)10-19-11-20-14-26(15-21(20)12-19)9-8-18-6-7-23(25)22(24)13-18/h2-7,13,19-21H,8-12,14-15,25H2,1H3. The molecule has 2 fully saturated rings. The highest BCUT2D eigenvalue weighted by molar-refractivity contribution is 5.41. The van der Waals surface area contributed by atoms with Crippen LogP contribution in [0.5, 0.6) is 0 Å². The van der Waals surface area contributed by atoms with Crippen molar-refractivity contribution in [3.05, 3.63) is 65.0 Å². The largest absolute Gasteiger partial charge is 0.396 e. The van der Waals surface area contributed by atoms with E-state index in [9.17, 15) is 4.39 Å². The Morgan fingerprint density at radius 1 is 1.00 bits per heavy atom. The van der Waals surface area contributed by atoms with Crippen LogP contribution in [0.3, 0.4) is 0 Å². The summed E-state index contributed by atoms with van der Waals surface area (Å²) >= 11 is 0.